The van der Waals surface area contributed by atoms with Crippen LogP contribution >= 0.6 is 0 Å². The molecule has 2 unspecified atom stereocenters. The Hall–Kier alpha value is 0.556. The van der Waals surface area contributed by atoms with Gasteiger partial charge < -0.3 is 0 Å². The number of likely N-dealkylation sites (tertiary alicyclic amines) is 1. The third-order valence-corrected chi connectivity index (χ3v) is 4.32. The number of hydrogen-bond acceptors (Lipinski definition) is 2. The van der Waals surface area contributed by atoms with Gasteiger partial charge in [-0.3, -0.25) is 0 Å². The molecule has 0 aromatic heterocycles. The predicted octanol–water partition coefficient (Wildman–Crippen LogP) is -0.720. The van der Waals surface area contributed by atoms with Crippen LogP contribution < -0.4 is 0 Å². The first-order chi connectivity index (χ1) is 4.70. The molecule has 0 aliphatic carbocycles. The van der Waals surface area contributed by atoms with Gasteiger partial charge in [0.1, 0.15) is 0 Å². The molecule has 0 aromatic carbocycles. The zero-order valence-electron chi connectivity index (χ0n) is 6.88. The number of rotatable bonds is 1. The van der Waals surface area contributed by atoms with Crippen molar-refractivity contribution in [2.45, 2.75) is 17.5 Å². The molecular weight excluding hydrogens is 184 g/mol. The SMILES string of the molecule is CN1CCCC([CH](O)[GaH2])C1. The van der Waals surface area contributed by atoms with Gasteiger partial charge in [0.15, 0.2) is 0 Å². The fraction of sp³-hybridized carbons (Fsp3) is 1.00. The molecule has 2 nitrogen and oxygen atoms in total. The molecule has 10 heavy (non-hydrogen) atoms. The molecule has 1 fully saturated rings. The normalized spacial score (nSPS) is 32.0. The van der Waals surface area contributed by atoms with Crippen LogP contribution in [0.25, 0.3) is 0 Å². The van der Waals surface area contributed by atoms with Gasteiger partial charge in [-0.2, -0.15) is 0 Å². The first kappa shape index (κ1) is 8.65. The van der Waals surface area contributed by atoms with Gasteiger partial charge in [-0.15, -0.1) is 0 Å². The summed E-state index contributed by atoms with van der Waals surface area (Å²) in [6.07, 6.45) is 2.52. The van der Waals surface area contributed by atoms with Gasteiger partial charge in [-0.05, 0) is 0 Å². The number of piperidine rings is 1. The number of aliphatic hydroxyl groups excluding tert-OH is 1. The second kappa shape index (κ2) is 3.81. The summed E-state index contributed by atoms with van der Waals surface area (Å²) in [4.78, 5) is 2.32. The Morgan fingerprint density at radius 3 is 2.80 bits per heavy atom. The Morgan fingerprint density at radius 2 is 2.40 bits per heavy atom. The van der Waals surface area contributed by atoms with E-state index in [1.54, 1.807) is 0 Å². The van der Waals surface area contributed by atoms with Gasteiger partial charge >= 0.3 is 72.2 Å². The van der Waals surface area contributed by atoms with Crippen molar-refractivity contribution in [1.29, 1.82) is 0 Å². The van der Waals surface area contributed by atoms with E-state index < -0.39 is 0 Å². The molecular formula is C7H16GaNO. The van der Waals surface area contributed by atoms with E-state index in [4.69, 9.17) is 0 Å². The maximum absolute atomic E-state index is 9.35. The first-order valence-electron chi connectivity index (χ1n) is 4.07. The Kier molecular flexibility index (Phi) is 3.29. The van der Waals surface area contributed by atoms with Crippen LogP contribution in [-0.4, -0.2) is 53.4 Å². The standard InChI is InChI=1S/C7H14NO.Ga.2H/c1-8-4-2-3-7(5-8)6-9;;;/h6-7,9H,2-5H2,1H3;;;. The third-order valence-electron chi connectivity index (χ3n) is 2.34. The zero-order chi connectivity index (χ0) is 7.56. The van der Waals surface area contributed by atoms with E-state index in [0.717, 1.165) is 6.54 Å². The summed E-state index contributed by atoms with van der Waals surface area (Å²) in [5.74, 6) is 0.596. The number of hydrogen-bond donors (Lipinski definition) is 1. The van der Waals surface area contributed by atoms with E-state index in [0.29, 0.717) is 24.5 Å². The minimum absolute atomic E-state index is 0.0650. The van der Waals surface area contributed by atoms with Gasteiger partial charge in [-0.1, -0.05) is 0 Å². The average Bonchev–Trinajstić information content (AvgIpc) is 1.88. The molecule has 0 saturated carbocycles. The monoisotopic (exact) mass is 199 g/mol. The van der Waals surface area contributed by atoms with Crippen LogP contribution in [0.15, 0.2) is 0 Å². The molecule has 1 aliphatic heterocycles. The Bertz CT molecular complexity index is 108. The summed E-state index contributed by atoms with van der Waals surface area (Å²) in [7, 11) is 2.14. The molecule has 58 valence electrons. The third kappa shape index (κ3) is 2.31. The van der Waals surface area contributed by atoms with Crippen molar-refractivity contribution in [3.8, 4) is 0 Å². The molecule has 0 amide bonds. The van der Waals surface area contributed by atoms with Crippen LogP contribution in [0.5, 0.6) is 0 Å². The van der Waals surface area contributed by atoms with Crippen molar-refractivity contribution in [3.05, 3.63) is 0 Å². The Morgan fingerprint density at radius 1 is 1.70 bits per heavy atom. The van der Waals surface area contributed by atoms with Crippen LogP contribution in [0, 0.1) is 5.92 Å². The first-order valence-corrected chi connectivity index (χ1v) is 6.49. The number of aliphatic hydroxyl groups is 1. The van der Waals surface area contributed by atoms with E-state index in [9.17, 15) is 5.11 Å². The van der Waals surface area contributed by atoms with Crippen LogP contribution in [0.3, 0.4) is 0 Å². The van der Waals surface area contributed by atoms with Crippen molar-refractivity contribution in [3.63, 3.8) is 0 Å². The van der Waals surface area contributed by atoms with Gasteiger partial charge in [0.2, 0.25) is 0 Å². The van der Waals surface area contributed by atoms with Crippen molar-refractivity contribution in [2.24, 2.45) is 5.92 Å². The summed E-state index contributed by atoms with van der Waals surface area (Å²) in [5, 5.41) is 9.35. The zero-order valence-corrected chi connectivity index (χ0v) is 11.1. The molecule has 1 aliphatic rings. The van der Waals surface area contributed by atoms with Crippen molar-refractivity contribution in [2.75, 3.05) is 20.1 Å². The van der Waals surface area contributed by atoms with Crippen LogP contribution in [0.1, 0.15) is 12.8 Å². The molecule has 1 saturated heterocycles. The second-order valence-electron chi connectivity index (χ2n) is 3.41. The van der Waals surface area contributed by atoms with Crippen molar-refractivity contribution >= 4 is 18.6 Å². The fourth-order valence-electron chi connectivity index (χ4n) is 1.60. The van der Waals surface area contributed by atoms with Crippen LogP contribution in [0.4, 0.5) is 0 Å². The van der Waals surface area contributed by atoms with Gasteiger partial charge in [0, 0.05) is 0 Å². The number of nitrogens with zero attached hydrogens (tertiary/aromatic N) is 1. The van der Waals surface area contributed by atoms with E-state index >= 15 is 0 Å². The average molecular weight is 200 g/mol. The van der Waals surface area contributed by atoms with Gasteiger partial charge in [0.25, 0.3) is 0 Å². The van der Waals surface area contributed by atoms with Crippen molar-refractivity contribution in [1.82, 2.24) is 4.90 Å². The van der Waals surface area contributed by atoms with Gasteiger partial charge in [-0.25, -0.2) is 0 Å². The van der Waals surface area contributed by atoms with E-state index in [1.165, 1.54) is 19.4 Å². The molecule has 1 N–H and O–H groups in total. The quantitative estimate of drug-likeness (QED) is 0.564. The predicted molar refractivity (Wildman–Crippen MR) is 44.8 cm³/mol. The molecule has 0 bridgehead atoms. The summed E-state index contributed by atoms with van der Waals surface area (Å²) < 4.78 is 0.0650. The van der Waals surface area contributed by atoms with Crippen LogP contribution in [0.2, 0.25) is 0 Å². The summed E-state index contributed by atoms with van der Waals surface area (Å²) >= 11 is 0.593. The Balaban J connectivity index is 2.32. The molecule has 0 spiro atoms. The minimum atomic E-state index is 0.0650. The molecule has 1 heterocycles. The van der Waals surface area contributed by atoms with Crippen molar-refractivity contribution < 1.29 is 5.11 Å². The van der Waals surface area contributed by atoms with E-state index in [1.807, 2.05) is 0 Å². The molecule has 1 rings (SSSR count). The maximum atomic E-state index is 9.35. The fourth-order valence-corrected chi connectivity index (χ4v) is 2.74. The summed E-state index contributed by atoms with van der Waals surface area (Å²) in [6.45, 7) is 2.33. The summed E-state index contributed by atoms with van der Waals surface area (Å²) in [6, 6.07) is 0. The van der Waals surface area contributed by atoms with E-state index in [-0.39, 0.29) is 4.66 Å². The Labute approximate surface area is 72.5 Å². The molecule has 3 heteroatoms. The molecule has 0 radical (unpaired) electrons. The molecule has 2 atom stereocenters. The topological polar surface area (TPSA) is 23.5 Å². The van der Waals surface area contributed by atoms with Crippen LogP contribution in [-0.2, 0) is 0 Å². The van der Waals surface area contributed by atoms with E-state index in [2.05, 4.69) is 11.9 Å². The van der Waals surface area contributed by atoms with Gasteiger partial charge in [0.05, 0.1) is 0 Å². The molecule has 0 aromatic rings. The summed E-state index contributed by atoms with van der Waals surface area (Å²) in [5.41, 5.74) is 0. The second-order valence-corrected chi connectivity index (χ2v) is 5.89.